The molecule has 0 spiro atoms. The van der Waals surface area contributed by atoms with E-state index in [0.29, 0.717) is 5.56 Å². The average molecular weight is 149 g/mol. The number of hydrogen-bond acceptors (Lipinski definition) is 2. The minimum absolute atomic E-state index is 0.00472. The van der Waals surface area contributed by atoms with Crippen molar-refractivity contribution in [2.45, 2.75) is 13.0 Å². The maximum absolute atomic E-state index is 10.3. The van der Waals surface area contributed by atoms with Crippen molar-refractivity contribution in [2.24, 2.45) is 5.73 Å². The Balaban J connectivity index is 3.00. The molecule has 0 aromatic heterocycles. The summed E-state index contributed by atoms with van der Waals surface area (Å²) in [6.45, 7) is 1.89. The molecule has 0 saturated carbocycles. The summed E-state index contributed by atoms with van der Waals surface area (Å²) in [5.74, 6) is 0. The van der Waals surface area contributed by atoms with Gasteiger partial charge < -0.3 is 5.73 Å². The number of carbonyl (C=O) groups is 1. The number of carbonyl (C=O) groups excluding carboxylic acids is 1. The Kier molecular flexibility index (Phi) is 2.39. The molecule has 1 atom stereocenters. The van der Waals surface area contributed by atoms with E-state index in [4.69, 9.17) is 5.73 Å². The van der Waals surface area contributed by atoms with Crippen molar-refractivity contribution in [2.75, 3.05) is 0 Å². The smallest absolute Gasteiger partial charge is 0.150 e. The number of aldehydes is 1. The molecule has 0 saturated heterocycles. The highest BCUT2D eigenvalue weighted by Gasteiger charge is 1.98. The summed E-state index contributed by atoms with van der Waals surface area (Å²) in [5.41, 5.74) is 7.30. The van der Waals surface area contributed by atoms with Gasteiger partial charge in [0.1, 0.15) is 6.29 Å². The first kappa shape index (κ1) is 7.95. The predicted octanol–water partition coefficient (Wildman–Crippen LogP) is 1.52. The zero-order valence-electron chi connectivity index (χ0n) is 6.45. The zero-order valence-corrected chi connectivity index (χ0v) is 6.45. The molecule has 0 radical (unpaired) electrons. The van der Waals surface area contributed by atoms with Crippen LogP contribution in [0.25, 0.3) is 0 Å². The van der Waals surface area contributed by atoms with E-state index in [2.05, 4.69) is 0 Å². The molecule has 2 nitrogen and oxygen atoms in total. The van der Waals surface area contributed by atoms with E-state index in [1.165, 1.54) is 0 Å². The van der Waals surface area contributed by atoms with Crippen LogP contribution in [0.4, 0.5) is 0 Å². The van der Waals surface area contributed by atoms with Gasteiger partial charge in [0, 0.05) is 11.6 Å². The fourth-order valence-electron chi connectivity index (χ4n) is 0.916. The number of benzene rings is 1. The average Bonchev–Trinajstić information content (AvgIpc) is 2.05. The van der Waals surface area contributed by atoms with Crippen LogP contribution >= 0.6 is 0 Å². The van der Waals surface area contributed by atoms with E-state index in [0.717, 1.165) is 11.8 Å². The fourth-order valence-corrected chi connectivity index (χ4v) is 0.916. The van der Waals surface area contributed by atoms with E-state index >= 15 is 0 Å². The van der Waals surface area contributed by atoms with Gasteiger partial charge in [0.15, 0.2) is 0 Å². The largest absolute Gasteiger partial charge is 0.324 e. The summed E-state index contributed by atoms with van der Waals surface area (Å²) in [6, 6.07) is 7.31. The van der Waals surface area contributed by atoms with Crippen molar-refractivity contribution < 1.29 is 4.79 Å². The molecule has 0 fully saturated rings. The molecule has 2 heteroatoms. The minimum Gasteiger partial charge on any atom is -0.324 e. The Hall–Kier alpha value is -1.15. The molecule has 11 heavy (non-hydrogen) atoms. The number of hydrogen-bond donors (Lipinski definition) is 1. The third kappa shape index (κ3) is 1.88. The van der Waals surface area contributed by atoms with Gasteiger partial charge in [0.2, 0.25) is 0 Å². The Bertz CT molecular complexity index is 255. The second-order valence-electron chi connectivity index (χ2n) is 2.58. The van der Waals surface area contributed by atoms with Gasteiger partial charge in [-0.2, -0.15) is 0 Å². The lowest BCUT2D eigenvalue weighted by molar-refractivity contribution is 0.112. The van der Waals surface area contributed by atoms with Crippen LogP contribution in [-0.2, 0) is 0 Å². The highest BCUT2D eigenvalue weighted by atomic mass is 16.1. The summed E-state index contributed by atoms with van der Waals surface area (Å²) >= 11 is 0. The summed E-state index contributed by atoms with van der Waals surface area (Å²) in [7, 11) is 0. The van der Waals surface area contributed by atoms with E-state index in [1.807, 2.05) is 19.1 Å². The first-order valence-electron chi connectivity index (χ1n) is 3.55. The lowest BCUT2D eigenvalue weighted by Gasteiger charge is -2.04. The first-order chi connectivity index (χ1) is 5.24. The van der Waals surface area contributed by atoms with Crippen LogP contribution in [0.2, 0.25) is 0 Å². The van der Waals surface area contributed by atoms with E-state index in [1.54, 1.807) is 12.1 Å². The maximum Gasteiger partial charge on any atom is 0.150 e. The van der Waals surface area contributed by atoms with Crippen LogP contribution in [0.15, 0.2) is 24.3 Å². The van der Waals surface area contributed by atoms with Crippen LogP contribution < -0.4 is 5.73 Å². The Labute approximate surface area is 66.0 Å². The summed E-state index contributed by atoms with van der Waals surface area (Å²) < 4.78 is 0. The summed E-state index contributed by atoms with van der Waals surface area (Å²) in [6.07, 6.45) is 0.825. The van der Waals surface area contributed by atoms with E-state index < -0.39 is 0 Å². The monoisotopic (exact) mass is 149 g/mol. The summed E-state index contributed by atoms with van der Waals surface area (Å²) in [5, 5.41) is 0. The molecular formula is C9H11NO. The third-order valence-corrected chi connectivity index (χ3v) is 1.57. The van der Waals surface area contributed by atoms with Crippen LogP contribution in [0.5, 0.6) is 0 Å². The molecule has 0 aliphatic carbocycles. The molecule has 0 aliphatic rings. The topological polar surface area (TPSA) is 43.1 Å². The predicted molar refractivity (Wildman–Crippen MR) is 44.4 cm³/mol. The standard InChI is InChI=1S/C9H11NO/c1-7(10)9-4-2-3-8(5-9)6-11/h2-7H,10H2,1H3. The van der Waals surface area contributed by atoms with Crippen LogP contribution in [0.1, 0.15) is 28.9 Å². The molecule has 58 valence electrons. The quantitative estimate of drug-likeness (QED) is 0.648. The second-order valence-corrected chi connectivity index (χ2v) is 2.58. The highest BCUT2D eigenvalue weighted by Crippen LogP contribution is 2.09. The van der Waals surface area contributed by atoms with Gasteiger partial charge in [-0.3, -0.25) is 4.79 Å². The first-order valence-corrected chi connectivity index (χ1v) is 3.55. The molecular weight excluding hydrogens is 138 g/mol. The number of rotatable bonds is 2. The molecule has 2 N–H and O–H groups in total. The van der Waals surface area contributed by atoms with Gasteiger partial charge in [-0.25, -0.2) is 0 Å². The fraction of sp³-hybridized carbons (Fsp3) is 0.222. The number of nitrogens with two attached hydrogens (primary N) is 1. The molecule has 0 heterocycles. The molecule has 1 unspecified atom stereocenters. The third-order valence-electron chi connectivity index (χ3n) is 1.57. The highest BCUT2D eigenvalue weighted by molar-refractivity contribution is 5.74. The van der Waals surface area contributed by atoms with Gasteiger partial charge in [-0.05, 0) is 18.6 Å². The Morgan fingerprint density at radius 2 is 2.27 bits per heavy atom. The van der Waals surface area contributed by atoms with Gasteiger partial charge in [-0.15, -0.1) is 0 Å². The van der Waals surface area contributed by atoms with Gasteiger partial charge in [0.05, 0.1) is 0 Å². The van der Waals surface area contributed by atoms with Crippen molar-refractivity contribution in [3.8, 4) is 0 Å². The molecule has 0 bridgehead atoms. The molecule has 0 amide bonds. The Morgan fingerprint density at radius 1 is 1.55 bits per heavy atom. The second kappa shape index (κ2) is 3.30. The normalized spacial score (nSPS) is 12.5. The van der Waals surface area contributed by atoms with Crippen molar-refractivity contribution in [1.82, 2.24) is 0 Å². The molecule has 1 aromatic carbocycles. The van der Waals surface area contributed by atoms with Gasteiger partial charge in [-0.1, -0.05) is 18.2 Å². The zero-order chi connectivity index (χ0) is 8.27. The van der Waals surface area contributed by atoms with Crippen molar-refractivity contribution in [3.05, 3.63) is 35.4 Å². The van der Waals surface area contributed by atoms with Crippen molar-refractivity contribution in [3.63, 3.8) is 0 Å². The van der Waals surface area contributed by atoms with Crippen molar-refractivity contribution >= 4 is 6.29 Å². The van der Waals surface area contributed by atoms with Gasteiger partial charge in [0.25, 0.3) is 0 Å². The summed E-state index contributed by atoms with van der Waals surface area (Å²) in [4.78, 5) is 10.3. The lowest BCUT2D eigenvalue weighted by atomic mass is 10.1. The van der Waals surface area contributed by atoms with Crippen LogP contribution in [-0.4, -0.2) is 6.29 Å². The van der Waals surface area contributed by atoms with Crippen LogP contribution in [0, 0.1) is 0 Å². The minimum atomic E-state index is -0.00472. The molecule has 0 aliphatic heterocycles. The van der Waals surface area contributed by atoms with Crippen LogP contribution in [0.3, 0.4) is 0 Å². The SMILES string of the molecule is CC(N)c1cccc(C=O)c1. The Morgan fingerprint density at radius 3 is 2.82 bits per heavy atom. The maximum atomic E-state index is 10.3. The molecule has 1 aromatic rings. The van der Waals surface area contributed by atoms with Crippen molar-refractivity contribution in [1.29, 1.82) is 0 Å². The molecule has 1 rings (SSSR count). The van der Waals surface area contributed by atoms with Gasteiger partial charge >= 0.3 is 0 Å². The van der Waals surface area contributed by atoms with E-state index in [-0.39, 0.29) is 6.04 Å². The van der Waals surface area contributed by atoms with E-state index in [9.17, 15) is 4.79 Å². The lowest BCUT2D eigenvalue weighted by Crippen LogP contribution is -2.04.